The van der Waals surface area contributed by atoms with Crippen molar-refractivity contribution < 1.29 is 14.4 Å². The molecule has 0 spiro atoms. The Morgan fingerprint density at radius 3 is 2.58 bits per heavy atom. The first-order chi connectivity index (χ1) is 8.97. The van der Waals surface area contributed by atoms with Gasteiger partial charge in [0.05, 0.1) is 11.5 Å². The molecule has 0 amide bonds. The monoisotopic (exact) mass is 265 g/mol. The summed E-state index contributed by atoms with van der Waals surface area (Å²) in [5, 5.41) is 11.1. The molecular weight excluding hydrogens is 246 g/mol. The van der Waals surface area contributed by atoms with Crippen molar-refractivity contribution >= 4 is 5.69 Å². The quantitative estimate of drug-likeness (QED) is 0.430. The summed E-state index contributed by atoms with van der Waals surface area (Å²) in [6, 6.07) is 3.09. The van der Waals surface area contributed by atoms with E-state index in [4.69, 9.17) is 9.47 Å². The van der Waals surface area contributed by atoms with Crippen molar-refractivity contribution in [1.29, 1.82) is 0 Å². The molecule has 0 aliphatic carbocycles. The second-order valence-corrected chi connectivity index (χ2v) is 4.62. The minimum absolute atomic E-state index is 0.0784. The maximum absolute atomic E-state index is 11.1. The van der Waals surface area contributed by atoms with E-state index in [0.717, 1.165) is 5.56 Å². The number of nitro groups is 1. The summed E-state index contributed by atoms with van der Waals surface area (Å²) in [4.78, 5) is 10.6. The van der Waals surface area contributed by atoms with Gasteiger partial charge in [0, 0.05) is 6.07 Å². The zero-order valence-electron chi connectivity index (χ0n) is 11.5. The van der Waals surface area contributed by atoms with Gasteiger partial charge in [0.25, 0.3) is 0 Å². The Morgan fingerprint density at radius 1 is 1.37 bits per heavy atom. The van der Waals surface area contributed by atoms with Crippen molar-refractivity contribution in [3.63, 3.8) is 0 Å². The molecule has 1 aromatic carbocycles. The van der Waals surface area contributed by atoms with E-state index in [-0.39, 0.29) is 24.0 Å². The van der Waals surface area contributed by atoms with Crippen LogP contribution in [-0.4, -0.2) is 18.1 Å². The first kappa shape index (κ1) is 15.0. The molecule has 0 bridgehead atoms. The molecule has 1 aromatic rings. The summed E-state index contributed by atoms with van der Waals surface area (Å²) in [6.07, 6.45) is 1.59. The van der Waals surface area contributed by atoms with Crippen LogP contribution >= 0.6 is 0 Å². The predicted molar refractivity (Wildman–Crippen MR) is 73.9 cm³/mol. The lowest BCUT2D eigenvalue weighted by Crippen LogP contribution is -2.09. The van der Waals surface area contributed by atoms with Crippen molar-refractivity contribution in [2.75, 3.05) is 13.2 Å². The van der Waals surface area contributed by atoms with Gasteiger partial charge in [-0.1, -0.05) is 26.5 Å². The number of benzene rings is 1. The molecule has 0 aromatic heterocycles. The molecule has 19 heavy (non-hydrogen) atoms. The Balaban J connectivity index is 3.19. The summed E-state index contributed by atoms with van der Waals surface area (Å²) in [7, 11) is 0. The van der Waals surface area contributed by atoms with Gasteiger partial charge in [0.1, 0.15) is 6.61 Å². The van der Waals surface area contributed by atoms with Gasteiger partial charge >= 0.3 is 5.69 Å². The number of nitrogens with zero attached hydrogens (tertiary/aromatic N) is 1. The largest absolute Gasteiger partial charge is 0.485 e. The molecule has 0 radical (unpaired) electrons. The van der Waals surface area contributed by atoms with Gasteiger partial charge in [-0.25, -0.2) is 0 Å². The highest BCUT2D eigenvalue weighted by atomic mass is 16.6. The third-order valence-corrected chi connectivity index (χ3v) is 2.39. The van der Waals surface area contributed by atoms with E-state index in [2.05, 4.69) is 6.58 Å². The third-order valence-electron chi connectivity index (χ3n) is 2.39. The Morgan fingerprint density at radius 2 is 2.05 bits per heavy atom. The van der Waals surface area contributed by atoms with Gasteiger partial charge in [-0.3, -0.25) is 10.1 Å². The molecule has 0 saturated carbocycles. The minimum atomic E-state index is -0.462. The van der Waals surface area contributed by atoms with Crippen molar-refractivity contribution in [3.8, 4) is 11.5 Å². The van der Waals surface area contributed by atoms with E-state index in [0.29, 0.717) is 12.4 Å². The second-order valence-electron chi connectivity index (χ2n) is 4.62. The number of hydrogen-bond acceptors (Lipinski definition) is 4. The average Bonchev–Trinajstić information content (AvgIpc) is 2.34. The Kier molecular flexibility index (Phi) is 5.36. The van der Waals surface area contributed by atoms with Crippen LogP contribution in [0, 0.1) is 23.0 Å². The van der Waals surface area contributed by atoms with E-state index < -0.39 is 4.92 Å². The van der Waals surface area contributed by atoms with E-state index in [1.807, 2.05) is 20.8 Å². The van der Waals surface area contributed by atoms with Crippen molar-refractivity contribution in [3.05, 3.63) is 40.5 Å². The summed E-state index contributed by atoms with van der Waals surface area (Å²) >= 11 is 0. The van der Waals surface area contributed by atoms with Crippen LogP contribution in [0.5, 0.6) is 11.5 Å². The number of nitro benzene ring substituents is 1. The fourth-order valence-corrected chi connectivity index (χ4v) is 1.51. The zero-order valence-corrected chi connectivity index (χ0v) is 11.5. The zero-order chi connectivity index (χ0) is 14.4. The molecule has 5 nitrogen and oxygen atoms in total. The summed E-state index contributed by atoms with van der Waals surface area (Å²) in [5.74, 6) is 0.877. The molecule has 0 N–H and O–H groups in total. The van der Waals surface area contributed by atoms with Crippen LogP contribution in [0.4, 0.5) is 5.69 Å². The van der Waals surface area contributed by atoms with Gasteiger partial charge in [-0.15, -0.1) is 0 Å². The number of rotatable bonds is 7. The fourth-order valence-electron chi connectivity index (χ4n) is 1.51. The summed E-state index contributed by atoms with van der Waals surface area (Å²) in [5.41, 5.74) is 0.719. The van der Waals surface area contributed by atoms with Gasteiger partial charge < -0.3 is 9.47 Å². The van der Waals surface area contributed by atoms with E-state index in [1.165, 1.54) is 6.07 Å². The van der Waals surface area contributed by atoms with E-state index in [9.17, 15) is 10.1 Å². The maximum atomic E-state index is 11.1. The van der Waals surface area contributed by atoms with Crippen LogP contribution in [0.3, 0.4) is 0 Å². The Hall–Kier alpha value is -2.04. The second kappa shape index (κ2) is 6.78. The Labute approximate surface area is 113 Å². The summed E-state index contributed by atoms with van der Waals surface area (Å²) in [6.45, 7) is 10.0. The van der Waals surface area contributed by atoms with Crippen LogP contribution < -0.4 is 9.47 Å². The van der Waals surface area contributed by atoms with Crippen LogP contribution in [0.25, 0.3) is 0 Å². The highest BCUT2D eigenvalue weighted by Gasteiger charge is 2.22. The normalized spacial score (nSPS) is 10.3. The van der Waals surface area contributed by atoms with E-state index >= 15 is 0 Å². The number of ether oxygens (including phenoxy) is 2. The van der Waals surface area contributed by atoms with E-state index in [1.54, 1.807) is 12.1 Å². The van der Waals surface area contributed by atoms with Gasteiger partial charge in [-0.2, -0.15) is 0 Å². The first-order valence-electron chi connectivity index (χ1n) is 6.11. The maximum Gasteiger partial charge on any atom is 0.314 e. The molecule has 0 atom stereocenters. The SMILES string of the molecule is C=CCOc1c(C)ccc([N+](=O)[O-])c1OCC(C)C. The number of hydrogen-bond donors (Lipinski definition) is 0. The average molecular weight is 265 g/mol. The van der Waals surface area contributed by atoms with Crippen molar-refractivity contribution in [2.45, 2.75) is 20.8 Å². The molecule has 0 aliphatic rings. The third kappa shape index (κ3) is 3.98. The fraction of sp³-hybridized carbons (Fsp3) is 0.429. The van der Waals surface area contributed by atoms with Crippen molar-refractivity contribution in [2.24, 2.45) is 5.92 Å². The highest BCUT2D eigenvalue weighted by molar-refractivity contribution is 5.59. The van der Waals surface area contributed by atoms with Gasteiger partial charge in [-0.05, 0) is 24.5 Å². The van der Waals surface area contributed by atoms with Crippen LogP contribution in [0.2, 0.25) is 0 Å². The molecule has 0 fully saturated rings. The lowest BCUT2D eigenvalue weighted by atomic mass is 10.1. The lowest BCUT2D eigenvalue weighted by molar-refractivity contribution is -0.386. The van der Waals surface area contributed by atoms with Crippen LogP contribution in [0.15, 0.2) is 24.8 Å². The lowest BCUT2D eigenvalue weighted by Gasteiger charge is -2.15. The molecule has 0 unspecified atom stereocenters. The van der Waals surface area contributed by atoms with Gasteiger partial charge in [0.2, 0.25) is 5.75 Å². The molecule has 0 heterocycles. The molecule has 0 saturated heterocycles. The smallest absolute Gasteiger partial charge is 0.314 e. The first-order valence-corrected chi connectivity index (χ1v) is 6.11. The molecule has 0 aliphatic heterocycles. The molecule has 1 rings (SSSR count). The molecule has 104 valence electrons. The predicted octanol–water partition coefficient (Wildman–Crippen LogP) is 3.50. The van der Waals surface area contributed by atoms with Crippen molar-refractivity contribution in [1.82, 2.24) is 0 Å². The van der Waals surface area contributed by atoms with Crippen LogP contribution in [0.1, 0.15) is 19.4 Å². The molecular formula is C14H19NO4. The van der Waals surface area contributed by atoms with Gasteiger partial charge in [0.15, 0.2) is 5.75 Å². The Bertz CT molecular complexity index is 469. The number of aryl methyl sites for hydroxylation is 1. The topological polar surface area (TPSA) is 61.6 Å². The highest BCUT2D eigenvalue weighted by Crippen LogP contribution is 2.39. The standard InChI is InChI=1S/C14H19NO4/c1-5-8-18-13-11(4)6-7-12(15(16)17)14(13)19-9-10(2)3/h5-7,10H,1,8-9H2,2-4H3. The minimum Gasteiger partial charge on any atom is -0.485 e. The summed E-state index contributed by atoms with van der Waals surface area (Å²) < 4.78 is 11.1. The van der Waals surface area contributed by atoms with Crippen LogP contribution in [-0.2, 0) is 0 Å². The molecule has 5 heteroatoms.